The third kappa shape index (κ3) is 4.11. The third-order valence-electron chi connectivity index (χ3n) is 4.48. The molecule has 0 aliphatic carbocycles. The van der Waals surface area contributed by atoms with Gasteiger partial charge in [-0.1, -0.05) is 0 Å². The first kappa shape index (κ1) is 19.7. The van der Waals surface area contributed by atoms with Crippen LogP contribution in [0, 0.1) is 0 Å². The summed E-state index contributed by atoms with van der Waals surface area (Å²) in [6.45, 7) is 0.385. The lowest BCUT2D eigenvalue weighted by molar-refractivity contribution is -0.138. The fourth-order valence-electron chi connectivity index (χ4n) is 3.13. The Morgan fingerprint density at radius 3 is 2.71 bits per heavy atom. The van der Waals surface area contributed by atoms with Gasteiger partial charge in [-0.2, -0.15) is 0 Å². The topological polar surface area (TPSA) is 173 Å². The Labute approximate surface area is 168 Å². The van der Waals surface area contributed by atoms with Crippen LogP contribution in [0.25, 0.3) is 0 Å². The number of H-pyrrole nitrogens is 1. The van der Waals surface area contributed by atoms with Crippen LogP contribution in [-0.4, -0.2) is 61.2 Å². The standard InChI is InChI=1S/C16H19BrN8O3/c17-12-8(22-7-23-12)6-9(16(28)25-5-1-2-10(25)14(19)26)24-15(27)11-13(18)21-4-3-20-11/h3-4,7,9-10H,1-2,5-6H2,(H2,18,21)(H2,19,26)(H,22,23)(H,24,27)/t9-,10-/m0/s1. The highest BCUT2D eigenvalue weighted by molar-refractivity contribution is 9.10. The second kappa shape index (κ2) is 8.33. The van der Waals surface area contributed by atoms with Crippen molar-refractivity contribution in [1.29, 1.82) is 0 Å². The molecule has 148 valence electrons. The van der Waals surface area contributed by atoms with Crippen LogP contribution in [0.2, 0.25) is 0 Å². The summed E-state index contributed by atoms with van der Waals surface area (Å²) in [6.07, 6.45) is 5.42. The number of nitrogen functional groups attached to an aromatic ring is 1. The maximum atomic E-state index is 13.1. The zero-order chi connectivity index (χ0) is 20.3. The first-order valence-corrected chi connectivity index (χ1v) is 9.32. The van der Waals surface area contributed by atoms with Crippen molar-refractivity contribution >= 4 is 39.5 Å². The Hall–Kier alpha value is -3.02. The van der Waals surface area contributed by atoms with Crippen molar-refractivity contribution in [3.05, 3.63) is 34.7 Å². The summed E-state index contributed by atoms with van der Waals surface area (Å²) >= 11 is 3.29. The number of hydrogen-bond acceptors (Lipinski definition) is 7. The molecule has 3 heterocycles. The molecule has 1 saturated heterocycles. The molecule has 6 N–H and O–H groups in total. The molecule has 0 saturated carbocycles. The molecule has 2 aromatic heterocycles. The summed E-state index contributed by atoms with van der Waals surface area (Å²) in [6, 6.07) is -1.68. The SMILES string of the molecule is NC(=O)[C@@H]1CCCN1C(=O)[C@H](Cc1[nH]cnc1Br)NC(=O)c1nccnc1N. The molecule has 1 fully saturated rings. The molecule has 3 rings (SSSR count). The van der Waals surface area contributed by atoms with Crippen LogP contribution in [0.5, 0.6) is 0 Å². The summed E-state index contributed by atoms with van der Waals surface area (Å²) in [5.74, 6) is -1.69. The van der Waals surface area contributed by atoms with Crippen LogP contribution >= 0.6 is 15.9 Å². The molecule has 0 radical (unpaired) electrons. The van der Waals surface area contributed by atoms with E-state index in [4.69, 9.17) is 11.5 Å². The Morgan fingerprint density at radius 2 is 2.07 bits per heavy atom. The lowest BCUT2D eigenvalue weighted by Crippen LogP contribution is -2.53. The van der Waals surface area contributed by atoms with Gasteiger partial charge in [-0.3, -0.25) is 14.4 Å². The number of nitrogens with zero attached hydrogens (tertiary/aromatic N) is 4. The van der Waals surface area contributed by atoms with E-state index < -0.39 is 29.8 Å². The van der Waals surface area contributed by atoms with Crippen molar-refractivity contribution < 1.29 is 14.4 Å². The highest BCUT2D eigenvalue weighted by atomic mass is 79.9. The van der Waals surface area contributed by atoms with E-state index in [9.17, 15) is 14.4 Å². The number of imidazole rings is 1. The van der Waals surface area contributed by atoms with Crippen molar-refractivity contribution in [2.75, 3.05) is 12.3 Å². The predicted octanol–water partition coefficient (Wildman–Crippen LogP) is -0.638. The monoisotopic (exact) mass is 450 g/mol. The van der Waals surface area contributed by atoms with Gasteiger partial charge in [0.1, 0.15) is 16.7 Å². The zero-order valence-electron chi connectivity index (χ0n) is 14.8. The number of aromatic nitrogens is 4. The highest BCUT2D eigenvalue weighted by Crippen LogP contribution is 2.20. The highest BCUT2D eigenvalue weighted by Gasteiger charge is 2.37. The van der Waals surface area contributed by atoms with E-state index >= 15 is 0 Å². The molecule has 0 bridgehead atoms. The molecular weight excluding hydrogens is 432 g/mol. The molecule has 0 aromatic carbocycles. The van der Waals surface area contributed by atoms with Crippen molar-refractivity contribution in [3.8, 4) is 0 Å². The average molecular weight is 451 g/mol. The number of likely N-dealkylation sites (tertiary alicyclic amines) is 1. The van der Waals surface area contributed by atoms with Crippen molar-refractivity contribution in [2.24, 2.45) is 5.73 Å². The number of halogens is 1. The lowest BCUT2D eigenvalue weighted by atomic mass is 10.1. The van der Waals surface area contributed by atoms with E-state index in [1.807, 2.05) is 0 Å². The summed E-state index contributed by atoms with van der Waals surface area (Å²) in [5.41, 5.74) is 11.6. The maximum Gasteiger partial charge on any atom is 0.274 e. The van der Waals surface area contributed by atoms with Crippen molar-refractivity contribution in [2.45, 2.75) is 31.3 Å². The van der Waals surface area contributed by atoms with Crippen LogP contribution in [-0.2, 0) is 16.0 Å². The number of rotatable bonds is 6. The number of primary amides is 1. The van der Waals surface area contributed by atoms with Crippen molar-refractivity contribution in [3.63, 3.8) is 0 Å². The summed E-state index contributed by atoms with van der Waals surface area (Å²) in [4.78, 5) is 53.5. The zero-order valence-corrected chi connectivity index (χ0v) is 16.3. The fourth-order valence-corrected chi connectivity index (χ4v) is 3.51. The van der Waals surface area contributed by atoms with Gasteiger partial charge in [-0.25, -0.2) is 15.0 Å². The lowest BCUT2D eigenvalue weighted by Gasteiger charge is -2.27. The molecule has 0 spiro atoms. The van der Waals surface area contributed by atoms with E-state index in [0.717, 1.165) is 0 Å². The fraction of sp³-hybridized carbons (Fsp3) is 0.375. The molecule has 12 heteroatoms. The Bertz CT molecular complexity index is 902. The number of carbonyl (C=O) groups is 3. The largest absolute Gasteiger partial charge is 0.382 e. The summed E-state index contributed by atoms with van der Waals surface area (Å²) in [5, 5.41) is 2.64. The second-order valence-corrected chi connectivity index (χ2v) is 7.04. The number of amides is 3. The van der Waals surface area contributed by atoms with Gasteiger partial charge >= 0.3 is 0 Å². The molecule has 2 atom stereocenters. The van der Waals surface area contributed by atoms with Crippen LogP contribution in [0.3, 0.4) is 0 Å². The molecule has 2 aromatic rings. The summed E-state index contributed by atoms with van der Waals surface area (Å²) < 4.78 is 0.520. The van der Waals surface area contributed by atoms with Crippen LogP contribution in [0.15, 0.2) is 23.3 Å². The van der Waals surface area contributed by atoms with Gasteiger partial charge in [0.2, 0.25) is 11.8 Å². The Morgan fingerprint density at radius 1 is 1.32 bits per heavy atom. The van der Waals surface area contributed by atoms with E-state index in [-0.39, 0.29) is 17.9 Å². The van der Waals surface area contributed by atoms with Gasteiger partial charge in [-0.15, -0.1) is 0 Å². The quantitative estimate of drug-likeness (QED) is 0.452. The number of nitrogens with two attached hydrogens (primary N) is 2. The molecule has 28 heavy (non-hydrogen) atoms. The van der Waals surface area contributed by atoms with Crippen molar-refractivity contribution in [1.82, 2.24) is 30.2 Å². The number of anilines is 1. The number of carbonyl (C=O) groups excluding carboxylic acids is 3. The van der Waals surface area contributed by atoms with E-state index in [1.165, 1.54) is 23.6 Å². The normalized spacial score (nSPS) is 17.3. The number of aromatic amines is 1. The first-order chi connectivity index (χ1) is 13.4. The van der Waals surface area contributed by atoms with Crippen LogP contribution < -0.4 is 16.8 Å². The van der Waals surface area contributed by atoms with Crippen LogP contribution in [0.1, 0.15) is 29.0 Å². The third-order valence-corrected chi connectivity index (χ3v) is 5.17. The first-order valence-electron chi connectivity index (χ1n) is 8.53. The minimum absolute atomic E-state index is 0.0508. The minimum atomic E-state index is -0.981. The average Bonchev–Trinajstić information content (AvgIpc) is 3.30. The molecule has 0 unspecified atom stereocenters. The van der Waals surface area contributed by atoms with E-state index in [2.05, 4.69) is 41.2 Å². The van der Waals surface area contributed by atoms with Crippen LogP contribution in [0.4, 0.5) is 5.82 Å². The Kier molecular flexibility index (Phi) is 5.87. The number of nitrogens with one attached hydrogen (secondary N) is 2. The molecular formula is C16H19BrN8O3. The Balaban J connectivity index is 1.85. The molecule has 1 aliphatic heterocycles. The van der Waals surface area contributed by atoms with Gasteiger partial charge in [0.05, 0.1) is 12.0 Å². The van der Waals surface area contributed by atoms with E-state index in [1.54, 1.807) is 0 Å². The minimum Gasteiger partial charge on any atom is -0.382 e. The molecule has 11 nitrogen and oxygen atoms in total. The number of hydrogen-bond donors (Lipinski definition) is 4. The van der Waals surface area contributed by atoms with E-state index in [0.29, 0.717) is 29.7 Å². The predicted molar refractivity (Wildman–Crippen MR) is 102 cm³/mol. The maximum absolute atomic E-state index is 13.1. The molecule has 1 aliphatic rings. The van der Waals surface area contributed by atoms with Gasteiger partial charge in [0.15, 0.2) is 11.5 Å². The van der Waals surface area contributed by atoms with Gasteiger partial charge in [0.25, 0.3) is 5.91 Å². The second-order valence-electron chi connectivity index (χ2n) is 6.28. The van der Waals surface area contributed by atoms with Gasteiger partial charge < -0.3 is 26.7 Å². The smallest absolute Gasteiger partial charge is 0.274 e. The van der Waals surface area contributed by atoms with Gasteiger partial charge in [0, 0.05) is 25.4 Å². The summed E-state index contributed by atoms with van der Waals surface area (Å²) in [7, 11) is 0. The molecule has 3 amide bonds. The van der Waals surface area contributed by atoms with Gasteiger partial charge in [-0.05, 0) is 28.8 Å².